The fraction of sp³-hybridized carbons (Fsp3) is 0.479. The highest BCUT2D eigenvalue weighted by Gasteiger charge is 2.37. The quantitative estimate of drug-likeness (QED) is 0.0389. The smallest absolute Gasteiger partial charge is 0.326 e. The Labute approximate surface area is 425 Å². The number of primary amides is 1. The third-order valence-corrected chi connectivity index (χ3v) is 11.3. The predicted octanol–water partition coefficient (Wildman–Crippen LogP) is -1.69. The van der Waals surface area contributed by atoms with Crippen molar-refractivity contribution in [1.82, 2.24) is 42.5 Å². The highest BCUT2D eigenvalue weighted by molar-refractivity contribution is 6.00. The number of carboxylic acid groups (broad SMARTS) is 4. The lowest BCUT2D eigenvalue weighted by atomic mass is 9.95. The number of amides is 9. The summed E-state index contributed by atoms with van der Waals surface area (Å²) in [6.45, 7) is 7.74. The van der Waals surface area contributed by atoms with Gasteiger partial charge in [-0.2, -0.15) is 0 Å². The van der Waals surface area contributed by atoms with Crippen LogP contribution in [0, 0.1) is 11.8 Å². The van der Waals surface area contributed by atoms with E-state index in [0.29, 0.717) is 5.56 Å². The largest absolute Gasteiger partial charge is 0.481 e. The summed E-state index contributed by atoms with van der Waals surface area (Å²) < 4.78 is 0. The van der Waals surface area contributed by atoms with Crippen LogP contribution in [-0.4, -0.2) is 146 Å². The van der Waals surface area contributed by atoms with Crippen molar-refractivity contribution in [2.45, 2.75) is 134 Å². The van der Waals surface area contributed by atoms with E-state index < -0.39 is 176 Å². The van der Waals surface area contributed by atoms with Gasteiger partial charge in [0.05, 0.1) is 12.8 Å². The SMILES string of the molecule is CCC(C)C(NC(=O)C(NC(=O)C(Cc1ccccc1)NC(=O)C(C)NC(=O)c1ccccc1)C(C)C)C(=O)NC(CC(=O)O)C(=O)NC(CC(=O)O)C(=O)NC(CCC(=O)O)C(=O)NC(CCC(N)=O)C(=O)O. The first-order valence-electron chi connectivity index (χ1n) is 23.4. The van der Waals surface area contributed by atoms with Gasteiger partial charge in [-0.1, -0.05) is 82.6 Å². The molecule has 74 heavy (non-hydrogen) atoms. The molecule has 0 heterocycles. The van der Waals surface area contributed by atoms with Crippen LogP contribution in [0.3, 0.4) is 0 Å². The van der Waals surface area contributed by atoms with E-state index in [0.717, 1.165) is 0 Å². The van der Waals surface area contributed by atoms with E-state index in [-0.39, 0.29) is 18.4 Å². The predicted molar refractivity (Wildman–Crippen MR) is 259 cm³/mol. The summed E-state index contributed by atoms with van der Waals surface area (Å²) in [5, 5.41) is 56.9. The Morgan fingerprint density at radius 3 is 1.39 bits per heavy atom. The normalized spacial score (nSPS) is 14.5. The molecule has 0 aliphatic rings. The molecule has 0 aliphatic heterocycles. The Bertz CT molecular complexity index is 2350. The number of carboxylic acids is 4. The zero-order valence-electron chi connectivity index (χ0n) is 41.4. The van der Waals surface area contributed by atoms with E-state index >= 15 is 0 Å². The van der Waals surface area contributed by atoms with Gasteiger partial charge in [0.2, 0.25) is 47.3 Å². The maximum Gasteiger partial charge on any atom is 0.326 e. The maximum atomic E-state index is 14.1. The molecular weight excluding hydrogens is 975 g/mol. The molecular formula is C48H65N9O17. The van der Waals surface area contributed by atoms with Crippen molar-refractivity contribution in [1.29, 1.82) is 0 Å². The van der Waals surface area contributed by atoms with E-state index in [9.17, 15) is 82.8 Å². The molecule has 0 bridgehead atoms. The van der Waals surface area contributed by atoms with Crippen LogP contribution in [0.2, 0.25) is 0 Å². The molecule has 0 radical (unpaired) electrons. The van der Waals surface area contributed by atoms with Crippen molar-refractivity contribution in [3.63, 3.8) is 0 Å². The van der Waals surface area contributed by atoms with Crippen LogP contribution in [-0.2, 0) is 64.0 Å². The summed E-state index contributed by atoms with van der Waals surface area (Å²) in [7, 11) is 0. The highest BCUT2D eigenvalue weighted by atomic mass is 16.4. The molecule has 0 fully saturated rings. The molecule has 0 aliphatic carbocycles. The topological polar surface area (TPSA) is 425 Å². The van der Waals surface area contributed by atoms with Gasteiger partial charge in [-0.25, -0.2) is 4.79 Å². The fourth-order valence-corrected chi connectivity index (χ4v) is 6.95. The van der Waals surface area contributed by atoms with Crippen LogP contribution in [0.15, 0.2) is 60.7 Å². The lowest BCUT2D eigenvalue weighted by Gasteiger charge is -2.30. The van der Waals surface area contributed by atoms with Crippen molar-refractivity contribution in [3.8, 4) is 0 Å². The second-order valence-electron chi connectivity index (χ2n) is 17.6. The monoisotopic (exact) mass is 1040 g/mol. The average molecular weight is 1040 g/mol. The molecule has 9 atom stereocenters. The van der Waals surface area contributed by atoms with Crippen LogP contribution >= 0.6 is 0 Å². The average Bonchev–Trinajstić information content (AvgIpc) is 3.33. The van der Waals surface area contributed by atoms with Crippen LogP contribution in [0.25, 0.3) is 0 Å². The molecule has 2 aromatic carbocycles. The lowest BCUT2D eigenvalue weighted by molar-refractivity contribution is -0.144. The van der Waals surface area contributed by atoms with Crippen LogP contribution in [0.5, 0.6) is 0 Å². The Morgan fingerprint density at radius 1 is 0.473 bits per heavy atom. The zero-order chi connectivity index (χ0) is 55.8. The van der Waals surface area contributed by atoms with Gasteiger partial charge in [0.25, 0.3) is 5.91 Å². The number of rotatable bonds is 32. The van der Waals surface area contributed by atoms with Crippen molar-refractivity contribution >= 4 is 77.0 Å². The van der Waals surface area contributed by atoms with Crippen LogP contribution in [0.4, 0.5) is 0 Å². The Kier molecular flexibility index (Phi) is 25.4. The molecule has 0 saturated carbocycles. The second-order valence-corrected chi connectivity index (χ2v) is 17.6. The number of carbonyl (C=O) groups is 13. The fourth-order valence-electron chi connectivity index (χ4n) is 6.95. The van der Waals surface area contributed by atoms with E-state index in [1.165, 1.54) is 13.8 Å². The second kappa shape index (κ2) is 30.4. The first-order valence-corrected chi connectivity index (χ1v) is 23.4. The third kappa shape index (κ3) is 21.5. The first-order chi connectivity index (χ1) is 34.7. The van der Waals surface area contributed by atoms with Gasteiger partial charge in [0, 0.05) is 24.8 Å². The van der Waals surface area contributed by atoms with Gasteiger partial charge in [0.15, 0.2) is 0 Å². The standard InChI is InChI=1S/C48H65N9O17/c1-6-25(4)39(57-46(71)38(24(2)3)56-45(70)31(21-27-13-9-7-10-14-27)53-40(65)26(5)50-41(66)28-15-11-8-12-16-28)47(72)55-33(23-37(63)64)44(69)54-32(22-36(61)62)43(68)51-29(18-20-35(59)60)42(67)52-30(48(73)74)17-19-34(49)58/h7-16,24-26,29-33,38-39H,6,17-23H2,1-5H3,(H2,49,58)(H,50,66)(H,51,68)(H,52,67)(H,53,65)(H,54,69)(H,55,72)(H,56,70)(H,57,71)(H,59,60)(H,61,62)(H,63,64)(H,73,74). The lowest BCUT2D eigenvalue weighted by Crippen LogP contribution is -2.62. The van der Waals surface area contributed by atoms with Crippen molar-refractivity contribution < 1.29 is 82.8 Å². The minimum atomic E-state index is -2.13. The highest BCUT2D eigenvalue weighted by Crippen LogP contribution is 2.13. The van der Waals surface area contributed by atoms with Gasteiger partial charge in [-0.05, 0) is 49.3 Å². The number of carbonyl (C=O) groups excluding carboxylic acids is 9. The number of aliphatic carboxylic acids is 4. The van der Waals surface area contributed by atoms with Gasteiger partial charge in [-0.3, -0.25) is 57.5 Å². The molecule has 9 unspecified atom stereocenters. The third-order valence-electron chi connectivity index (χ3n) is 11.3. The number of hydrogen-bond donors (Lipinski definition) is 13. The summed E-state index contributed by atoms with van der Waals surface area (Å²) in [5.41, 5.74) is 5.97. The minimum absolute atomic E-state index is 0.0579. The molecule has 404 valence electrons. The van der Waals surface area contributed by atoms with Crippen LogP contribution < -0.4 is 48.3 Å². The zero-order valence-corrected chi connectivity index (χ0v) is 41.4. The summed E-state index contributed by atoms with van der Waals surface area (Å²) in [6.07, 6.45) is -4.72. The first kappa shape index (κ1) is 61.7. The molecule has 2 aromatic rings. The summed E-state index contributed by atoms with van der Waals surface area (Å²) >= 11 is 0. The molecule has 26 heteroatoms. The number of nitrogens with one attached hydrogen (secondary N) is 8. The molecule has 0 spiro atoms. The minimum Gasteiger partial charge on any atom is -0.481 e. The molecule has 9 amide bonds. The molecule has 14 N–H and O–H groups in total. The maximum absolute atomic E-state index is 14.1. The summed E-state index contributed by atoms with van der Waals surface area (Å²) in [6, 6.07) is 3.49. The molecule has 0 aromatic heterocycles. The van der Waals surface area contributed by atoms with Gasteiger partial charge in [-0.15, -0.1) is 0 Å². The van der Waals surface area contributed by atoms with Gasteiger partial charge < -0.3 is 68.7 Å². The summed E-state index contributed by atoms with van der Waals surface area (Å²) in [5.74, 6) is -17.1. The van der Waals surface area contributed by atoms with Crippen LogP contribution in [0.1, 0.15) is 95.5 Å². The number of benzene rings is 2. The number of hydrogen-bond acceptors (Lipinski definition) is 13. The van der Waals surface area contributed by atoms with E-state index in [2.05, 4.69) is 31.9 Å². The van der Waals surface area contributed by atoms with Gasteiger partial charge in [0.1, 0.15) is 48.3 Å². The molecule has 0 saturated heterocycles. The Hall–Kier alpha value is -8.45. The Balaban J connectivity index is 2.38. The summed E-state index contributed by atoms with van der Waals surface area (Å²) in [4.78, 5) is 167. The molecule has 2 rings (SSSR count). The van der Waals surface area contributed by atoms with E-state index in [1.807, 2.05) is 10.6 Å². The Morgan fingerprint density at radius 2 is 0.905 bits per heavy atom. The van der Waals surface area contributed by atoms with Gasteiger partial charge >= 0.3 is 23.9 Å². The van der Waals surface area contributed by atoms with E-state index in [4.69, 9.17) is 5.73 Å². The number of nitrogens with two attached hydrogens (primary N) is 1. The van der Waals surface area contributed by atoms with Crippen molar-refractivity contribution in [3.05, 3.63) is 71.8 Å². The molecule has 26 nitrogen and oxygen atoms in total. The van der Waals surface area contributed by atoms with E-state index in [1.54, 1.807) is 81.4 Å². The van der Waals surface area contributed by atoms with Crippen molar-refractivity contribution in [2.24, 2.45) is 17.6 Å². The van der Waals surface area contributed by atoms with Crippen molar-refractivity contribution in [2.75, 3.05) is 0 Å².